The third-order valence-corrected chi connectivity index (χ3v) is 10.7. The predicted molar refractivity (Wildman–Crippen MR) is 209 cm³/mol. The summed E-state index contributed by atoms with van der Waals surface area (Å²) in [6.45, 7) is 0. The molecule has 0 radical (unpaired) electrons. The van der Waals surface area contributed by atoms with Gasteiger partial charge in [0.25, 0.3) is 0 Å². The van der Waals surface area contributed by atoms with Gasteiger partial charge in [0.15, 0.2) is 0 Å². The van der Waals surface area contributed by atoms with E-state index in [0.29, 0.717) is 0 Å². The summed E-state index contributed by atoms with van der Waals surface area (Å²) in [5, 5.41) is 8.02. The molecule has 0 fully saturated rings. The second-order valence-corrected chi connectivity index (χ2v) is 13.3. The first-order valence-electron chi connectivity index (χ1n) is 17.2. The normalized spacial score (nSPS) is 12.3. The Morgan fingerprint density at radius 1 is 0.373 bits per heavy atom. The van der Waals surface area contributed by atoms with Crippen LogP contribution in [0.2, 0.25) is 0 Å². The average Bonchev–Trinajstić information content (AvgIpc) is 3.86. The van der Waals surface area contributed by atoms with Gasteiger partial charge in [-0.15, -0.1) is 0 Å². The molecule has 6 nitrogen and oxygen atoms in total. The van der Waals surface area contributed by atoms with Crippen molar-refractivity contribution in [3.8, 4) is 11.4 Å². The van der Waals surface area contributed by atoms with E-state index < -0.39 is 0 Å². The molecule has 0 aliphatic rings. The lowest BCUT2D eigenvalue weighted by molar-refractivity contribution is 1.17. The molecule has 6 aromatic carbocycles. The second-order valence-electron chi connectivity index (χ2n) is 13.3. The Morgan fingerprint density at radius 2 is 0.882 bits per heavy atom. The molecule has 0 aliphatic carbocycles. The van der Waals surface area contributed by atoms with Crippen LogP contribution in [-0.2, 0) is 0 Å². The monoisotopic (exact) mass is 650 g/mol. The Bertz CT molecular complexity index is 3420. The van der Waals surface area contributed by atoms with E-state index in [1.54, 1.807) is 0 Å². The Morgan fingerprint density at radius 3 is 1.53 bits per heavy atom. The van der Waals surface area contributed by atoms with Crippen LogP contribution in [-0.4, -0.2) is 28.5 Å². The Labute approximate surface area is 290 Å². The number of rotatable bonds is 2. The highest BCUT2D eigenvalue weighted by atomic mass is 15.0. The lowest BCUT2D eigenvalue weighted by Gasteiger charge is -2.12. The quantitative estimate of drug-likeness (QED) is 0.175. The van der Waals surface area contributed by atoms with Crippen LogP contribution in [0, 0.1) is 0 Å². The highest BCUT2D eigenvalue weighted by Crippen LogP contribution is 2.41. The van der Waals surface area contributed by atoms with Crippen LogP contribution in [0.4, 0.5) is 0 Å². The molecule has 0 amide bonds. The highest BCUT2D eigenvalue weighted by Gasteiger charge is 2.22. The number of imidazole rings is 1. The molecule has 0 bridgehead atoms. The van der Waals surface area contributed by atoms with Crippen molar-refractivity contribution in [1.29, 1.82) is 0 Å². The van der Waals surface area contributed by atoms with E-state index >= 15 is 0 Å². The molecule has 0 unspecified atom stereocenters. The molecule has 0 N–H and O–H groups in total. The van der Waals surface area contributed by atoms with Crippen molar-refractivity contribution in [3.05, 3.63) is 158 Å². The molecule has 51 heavy (non-hydrogen) atoms. The van der Waals surface area contributed by atoms with Crippen LogP contribution < -0.4 is 0 Å². The third kappa shape index (κ3) is 3.48. The smallest absolute Gasteiger partial charge is 0.146 e. The molecule has 0 aliphatic heterocycles. The SMILES string of the molecule is c1ccc(-n2c3ccccc3c3cnc4c(ncc5c6ccccc6n(-c6ccc7c(c6)nc6c8ccccc8c8ccccc8n76)c54)c32)cc1. The van der Waals surface area contributed by atoms with Gasteiger partial charge < -0.3 is 9.13 Å². The van der Waals surface area contributed by atoms with Crippen LogP contribution in [0.5, 0.6) is 0 Å². The summed E-state index contributed by atoms with van der Waals surface area (Å²) in [5.41, 5.74) is 12.3. The fourth-order valence-electron chi connectivity index (χ4n) is 8.54. The Balaban J connectivity index is 1.21. The van der Waals surface area contributed by atoms with E-state index in [9.17, 15) is 0 Å². The molecular formula is C45H26N6. The number of hydrogen-bond donors (Lipinski definition) is 0. The van der Waals surface area contributed by atoms with Crippen LogP contribution in [0.15, 0.2) is 158 Å². The molecule has 0 spiro atoms. The summed E-state index contributed by atoms with van der Waals surface area (Å²) >= 11 is 0. The molecule has 6 heteroatoms. The van der Waals surface area contributed by atoms with Gasteiger partial charge in [-0.3, -0.25) is 14.4 Å². The Hall–Kier alpha value is -7.05. The van der Waals surface area contributed by atoms with Gasteiger partial charge in [-0.25, -0.2) is 4.98 Å². The van der Waals surface area contributed by atoms with Gasteiger partial charge >= 0.3 is 0 Å². The van der Waals surface area contributed by atoms with Gasteiger partial charge in [-0.1, -0.05) is 97.1 Å². The maximum atomic E-state index is 5.32. The van der Waals surface area contributed by atoms with Gasteiger partial charge in [0, 0.05) is 56.1 Å². The largest absolute Gasteiger partial charge is 0.307 e. The van der Waals surface area contributed by atoms with E-state index in [1.807, 2.05) is 12.4 Å². The number of nitrogens with zero attached hydrogens (tertiary/aromatic N) is 6. The number of aromatic nitrogens is 6. The first-order chi connectivity index (χ1) is 25.3. The zero-order chi connectivity index (χ0) is 33.2. The molecule has 6 heterocycles. The first kappa shape index (κ1) is 26.9. The predicted octanol–water partition coefficient (Wildman–Crippen LogP) is 10.9. The maximum absolute atomic E-state index is 5.32. The number of fused-ring (bicyclic) bond motifs is 17. The van der Waals surface area contributed by atoms with Crippen molar-refractivity contribution in [2.75, 3.05) is 0 Å². The van der Waals surface area contributed by atoms with Crippen molar-refractivity contribution in [3.63, 3.8) is 0 Å². The fourth-order valence-corrected chi connectivity index (χ4v) is 8.54. The standard InChI is InChI=1S/C45H26N6/c1-2-12-27(13-3-1)49-37-19-9-7-16-31(37)34-25-47-42-41(43(34)49)46-26-35-32-17-8-10-20-38(32)50(44(35)42)28-22-23-40-36(24-28)48-45-33-18-5-4-14-29(33)30-15-6-11-21-39(30)51(40)45/h1-26H. The topological polar surface area (TPSA) is 52.9 Å². The van der Waals surface area contributed by atoms with E-state index in [1.165, 1.54) is 10.8 Å². The van der Waals surface area contributed by atoms with Gasteiger partial charge in [0.05, 0.1) is 38.6 Å². The van der Waals surface area contributed by atoms with Crippen LogP contribution in [0.3, 0.4) is 0 Å². The molecule has 0 saturated carbocycles. The summed E-state index contributed by atoms with van der Waals surface area (Å²) < 4.78 is 6.99. The molecule has 0 saturated heterocycles. The highest BCUT2D eigenvalue weighted by molar-refractivity contribution is 6.23. The summed E-state index contributed by atoms with van der Waals surface area (Å²) in [6, 6.07) is 51.5. The van der Waals surface area contributed by atoms with Crippen molar-refractivity contribution in [2.45, 2.75) is 0 Å². The van der Waals surface area contributed by atoms with E-state index in [4.69, 9.17) is 15.0 Å². The third-order valence-electron chi connectivity index (χ3n) is 10.7. The van der Waals surface area contributed by atoms with Crippen LogP contribution in [0.1, 0.15) is 0 Å². The molecule has 0 atom stereocenters. The minimum Gasteiger partial charge on any atom is -0.307 e. The van der Waals surface area contributed by atoms with E-state index in [-0.39, 0.29) is 0 Å². The van der Waals surface area contributed by atoms with E-state index in [2.05, 4.69) is 159 Å². The molecule has 6 aromatic heterocycles. The maximum Gasteiger partial charge on any atom is 0.146 e. The lowest BCUT2D eigenvalue weighted by atomic mass is 10.1. The zero-order valence-corrected chi connectivity index (χ0v) is 27.2. The van der Waals surface area contributed by atoms with Crippen molar-refractivity contribution in [1.82, 2.24) is 28.5 Å². The minimum absolute atomic E-state index is 0.864. The number of para-hydroxylation sites is 4. The van der Waals surface area contributed by atoms with Gasteiger partial charge in [0.2, 0.25) is 0 Å². The Kier molecular flexibility index (Phi) is 5.14. The zero-order valence-electron chi connectivity index (χ0n) is 27.2. The van der Waals surface area contributed by atoms with E-state index in [0.717, 1.165) is 93.6 Å². The van der Waals surface area contributed by atoms with Gasteiger partial charge in [-0.05, 0) is 53.9 Å². The summed E-state index contributed by atoms with van der Waals surface area (Å²) in [7, 11) is 0. The number of benzene rings is 6. The molecule has 12 rings (SSSR count). The van der Waals surface area contributed by atoms with Crippen molar-refractivity contribution < 1.29 is 0 Å². The fraction of sp³-hybridized carbons (Fsp3) is 0. The average molecular weight is 651 g/mol. The van der Waals surface area contributed by atoms with Crippen molar-refractivity contribution in [2.24, 2.45) is 0 Å². The lowest BCUT2D eigenvalue weighted by Crippen LogP contribution is -1.98. The second kappa shape index (κ2) is 9.77. The van der Waals surface area contributed by atoms with Crippen LogP contribution >= 0.6 is 0 Å². The van der Waals surface area contributed by atoms with Gasteiger partial charge in [-0.2, -0.15) is 0 Å². The first-order valence-corrected chi connectivity index (χ1v) is 17.2. The number of hydrogen-bond acceptors (Lipinski definition) is 3. The summed E-state index contributed by atoms with van der Waals surface area (Å²) in [5.74, 6) is 0. The van der Waals surface area contributed by atoms with Crippen LogP contribution in [0.25, 0.3) is 104 Å². The number of pyridine rings is 3. The van der Waals surface area contributed by atoms with Gasteiger partial charge in [0.1, 0.15) is 16.7 Å². The minimum atomic E-state index is 0.864. The summed E-state index contributed by atoms with van der Waals surface area (Å²) in [4.78, 5) is 15.7. The molecule has 12 aromatic rings. The molecule has 236 valence electrons. The summed E-state index contributed by atoms with van der Waals surface area (Å²) in [6.07, 6.45) is 4.07. The molecular weight excluding hydrogens is 625 g/mol. The van der Waals surface area contributed by atoms with Crippen molar-refractivity contribution >= 4 is 93.0 Å².